The van der Waals surface area contributed by atoms with Crippen LogP contribution in [-0.4, -0.2) is 55.1 Å². The molecule has 2 aromatic rings. The molecule has 4 rings (SSSR count). The highest BCUT2D eigenvalue weighted by Gasteiger charge is 2.51. The van der Waals surface area contributed by atoms with Crippen LogP contribution in [0.3, 0.4) is 0 Å². The SMILES string of the molecule is Cc1cc(C2(C)NC(=O)N(CC(=O)Nc3cccc(S(=O)(=O)N4CCCC4)c3)C2=O)c(C)o1. The van der Waals surface area contributed by atoms with Gasteiger partial charge in [-0.2, -0.15) is 4.31 Å². The molecule has 4 amide bonds. The molecule has 1 aromatic heterocycles. The fraction of sp³-hybridized carbons (Fsp3) is 0.409. The maximum atomic E-state index is 13.1. The maximum absolute atomic E-state index is 13.1. The second kappa shape index (κ2) is 8.31. The Morgan fingerprint density at radius 2 is 1.88 bits per heavy atom. The number of urea groups is 1. The predicted molar refractivity (Wildman–Crippen MR) is 119 cm³/mol. The summed E-state index contributed by atoms with van der Waals surface area (Å²) >= 11 is 0. The summed E-state index contributed by atoms with van der Waals surface area (Å²) in [6, 6.07) is 6.92. The monoisotopic (exact) mass is 474 g/mol. The fourth-order valence-electron chi connectivity index (χ4n) is 4.31. The molecule has 0 saturated carbocycles. The molecule has 2 saturated heterocycles. The van der Waals surface area contributed by atoms with Crippen molar-refractivity contribution in [2.45, 2.75) is 44.0 Å². The Bertz CT molecular complexity index is 1230. The van der Waals surface area contributed by atoms with E-state index in [0.717, 1.165) is 17.7 Å². The number of anilines is 1. The van der Waals surface area contributed by atoms with Crippen molar-refractivity contribution in [3.05, 3.63) is 47.4 Å². The first-order chi connectivity index (χ1) is 15.5. The number of carbonyl (C=O) groups is 3. The number of rotatable bonds is 6. The summed E-state index contributed by atoms with van der Waals surface area (Å²) in [6.45, 7) is 5.43. The average Bonchev–Trinajstić information content (AvgIpc) is 3.45. The number of sulfonamides is 1. The Hall–Kier alpha value is -3.18. The highest BCUT2D eigenvalue weighted by Crippen LogP contribution is 2.33. The summed E-state index contributed by atoms with van der Waals surface area (Å²) in [4.78, 5) is 39.1. The van der Waals surface area contributed by atoms with Crippen molar-refractivity contribution in [1.82, 2.24) is 14.5 Å². The van der Waals surface area contributed by atoms with E-state index in [-0.39, 0.29) is 10.6 Å². The van der Waals surface area contributed by atoms with Gasteiger partial charge in [-0.05, 0) is 57.9 Å². The summed E-state index contributed by atoms with van der Waals surface area (Å²) in [7, 11) is -3.64. The van der Waals surface area contributed by atoms with Crippen LogP contribution in [0.2, 0.25) is 0 Å². The number of nitrogens with zero attached hydrogens (tertiary/aromatic N) is 2. The molecular weight excluding hydrogens is 448 g/mol. The van der Waals surface area contributed by atoms with E-state index >= 15 is 0 Å². The molecule has 0 bridgehead atoms. The van der Waals surface area contributed by atoms with Gasteiger partial charge in [0.15, 0.2) is 0 Å². The molecule has 0 radical (unpaired) electrons. The third-order valence-electron chi connectivity index (χ3n) is 5.98. The Labute approximate surface area is 192 Å². The van der Waals surface area contributed by atoms with Gasteiger partial charge in [-0.3, -0.25) is 14.5 Å². The van der Waals surface area contributed by atoms with Gasteiger partial charge in [-0.1, -0.05) is 6.07 Å². The molecule has 2 aliphatic rings. The lowest BCUT2D eigenvalue weighted by Gasteiger charge is -2.21. The largest absolute Gasteiger partial charge is 0.466 e. The maximum Gasteiger partial charge on any atom is 0.325 e. The van der Waals surface area contributed by atoms with E-state index in [2.05, 4.69) is 10.6 Å². The number of hydrogen-bond donors (Lipinski definition) is 2. The van der Waals surface area contributed by atoms with Gasteiger partial charge in [0.25, 0.3) is 5.91 Å². The standard InChI is InChI=1S/C22H26N4O6S/c1-14-11-18(15(2)32-14)22(3)20(28)26(21(29)24-22)13-19(27)23-16-7-6-8-17(12-16)33(30,31)25-9-4-5-10-25/h6-8,11-12H,4-5,9-10,13H2,1-3H3,(H,23,27)(H,24,29). The predicted octanol–water partition coefficient (Wildman–Crippen LogP) is 2.09. The van der Waals surface area contributed by atoms with Gasteiger partial charge < -0.3 is 15.1 Å². The zero-order chi connectivity index (χ0) is 24.0. The number of furan rings is 1. The first-order valence-corrected chi connectivity index (χ1v) is 12.1. The minimum absolute atomic E-state index is 0.0792. The molecule has 3 heterocycles. The van der Waals surface area contributed by atoms with E-state index in [0.29, 0.717) is 30.2 Å². The minimum atomic E-state index is -3.64. The van der Waals surface area contributed by atoms with E-state index in [4.69, 9.17) is 4.42 Å². The Morgan fingerprint density at radius 1 is 1.18 bits per heavy atom. The van der Waals surface area contributed by atoms with E-state index in [1.165, 1.54) is 22.5 Å². The van der Waals surface area contributed by atoms with Crippen LogP contribution in [0.5, 0.6) is 0 Å². The summed E-state index contributed by atoms with van der Waals surface area (Å²) < 4.78 is 32.5. The first kappa shape index (κ1) is 23.0. The lowest BCUT2D eigenvalue weighted by molar-refractivity contribution is -0.133. The third kappa shape index (κ3) is 4.13. The van der Waals surface area contributed by atoms with E-state index < -0.39 is 40.0 Å². The van der Waals surface area contributed by atoms with Gasteiger partial charge >= 0.3 is 6.03 Å². The molecule has 10 nitrogen and oxygen atoms in total. The number of benzene rings is 1. The average molecular weight is 475 g/mol. The summed E-state index contributed by atoms with van der Waals surface area (Å²) in [6.07, 6.45) is 1.64. The Kier molecular flexibility index (Phi) is 5.79. The van der Waals surface area contributed by atoms with Crippen molar-refractivity contribution in [2.24, 2.45) is 0 Å². The van der Waals surface area contributed by atoms with Crippen LogP contribution in [0.15, 0.2) is 39.6 Å². The number of hydrogen-bond acceptors (Lipinski definition) is 6. The molecule has 0 aliphatic carbocycles. The smallest absolute Gasteiger partial charge is 0.325 e. The van der Waals surface area contributed by atoms with Gasteiger partial charge in [0, 0.05) is 24.3 Å². The van der Waals surface area contributed by atoms with Crippen molar-refractivity contribution in [1.29, 1.82) is 0 Å². The molecule has 33 heavy (non-hydrogen) atoms. The fourth-order valence-corrected chi connectivity index (χ4v) is 5.87. The second-order valence-corrected chi connectivity index (χ2v) is 10.4. The van der Waals surface area contributed by atoms with Crippen LogP contribution in [0.1, 0.15) is 36.8 Å². The van der Waals surface area contributed by atoms with Crippen LogP contribution >= 0.6 is 0 Å². The van der Waals surface area contributed by atoms with Crippen molar-refractivity contribution >= 4 is 33.6 Å². The van der Waals surface area contributed by atoms with Crippen LogP contribution in [0.4, 0.5) is 10.5 Å². The van der Waals surface area contributed by atoms with Gasteiger partial charge in [0.1, 0.15) is 23.6 Å². The molecule has 2 aliphatic heterocycles. The number of carbonyl (C=O) groups excluding carboxylic acids is 3. The zero-order valence-corrected chi connectivity index (χ0v) is 19.5. The normalized spacial score (nSPS) is 21.5. The zero-order valence-electron chi connectivity index (χ0n) is 18.7. The molecule has 11 heteroatoms. The van der Waals surface area contributed by atoms with Crippen molar-refractivity contribution < 1.29 is 27.2 Å². The quantitative estimate of drug-likeness (QED) is 0.617. The lowest BCUT2D eigenvalue weighted by Crippen LogP contribution is -2.42. The molecule has 0 spiro atoms. The van der Waals surface area contributed by atoms with Gasteiger partial charge in [-0.25, -0.2) is 13.2 Å². The number of imide groups is 1. The first-order valence-electron chi connectivity index (χ1n) is 10.6. The number of nitrogens with one attached hydrogen (secondary N) is 2. The van der Waals surface area contributed by atoms with Crippen molar-refractivity contribution in [3.63, 3.8) is 0 Å². The highest BCUT2D eigenvalue weighted by atomic mass is 32.2. The number of aryl methyl sites for hydroxylation is 2. The van der Waals surface area contributed by atoms with E-state index in [9.17, 15) is 22.8 Å². The molecular formula is C22H26N4O6S. The summed E-state index contributed by atoms with van der Waals surface area (Å²) in [5, 5.41) is 5.22. The lowest BCUT2D eigenvalue weighted by atomic mass is 9.92. The van der Waals surface area contributed by atoms with Crippen LogP contribution < -0.4 is 10.6 Å². The number of amides is 4. The summed E-state index contributed by atoms with van der Waals surface area (Å²) in [5.74, 6) is -0.0906. The van der Waals surface area contributed by atoms with Gasteiger partial charge in [-0.15, -0.1) is 0 Å². The Balaban J connectivity index is 1.48. The van der Waals surface area contributed by atoms with E-state index in [1.54, 1.807) is 32.9 Å². The van der Waals surface area contributed by atoms with Crippen LogP contribution in [0, 0.1) is 13.8 Å². The molecule has 1 aromatic carbocycles. The molecule has 1 atom stereocenters. The van der Waals surface area contributed by atoms with E-state index in [1.807, 2.05) is 0 Å². The van der Waals surface area contributed by atoms with Crippen molar-refractivity contribution in [2.75, 3.05) is 25.0 Å². The molecule has 2 N–H and O–H groups in total. The second-order valence-electron chi connectivity index (χ2n) is 8.46. The minimum Gasteiger partial charge on any atom is -0.466 e. The third-order valence-corrected chi connectivity index (χ3v) is 7.87. The Morgan fingerprint density at radius 3 is 2.52 bits per heavy atom. The van der Waals surface area contributed by atoms with Gasteiger partial charge in [0.2, 0.25) is 15.9 Å². The summed E-state index contributed by atoms with van der Waals surface area (Å²) in [5.41, 5.74) is -0.555. The van der Waals surface area contributed by atoms with Crippen LogP contribution in [-0.2, 0) is 25.2 Å². The molecule has 1 unspecified atom stereocenters. The molecule has 2 fully saturated rings. The van der Waals surface area contributed by atoms with Gasteiger partial charge in [0.05, 0.1) is 4.90 Å². The van der Waals surface area contributed by atoms with Crippen molar-refractivity contribution in [3.8, 4) is 0 Å². The topological polar surface area (TPSA) is 129 Å². The molecule has 176 valence electrons. The van der Waals surface area contributed by atoms with Crippen LogP contribution in [0.25, 0.3) is 0 Å². The highest BCUT2D eigenvalue weighted by molar-refractivity contribution is 7.89.